The molecule has 15 heavy (non-hydrogen) atoms. The molecule has 0 aliphatic heterocycles. The van der Waals surface area contributed by atoms with Gasteiger partial charge in [-0.25, -0.2) is 0 Å². The molecular formula is C12H9BrO2. The Morgan fingerprint density at radius 2 is 1.80 bits per heavy atom. The SMILES string of the molecule is O=C(O)Cc1ccc(Br)c2ccccc12. The van der Waals surface area contributed by atoms with Crippen molar-refractivity contribution in [3.05, 3.63) is 46.4 Å². The molecule has 0 aliphatic rings. The number of hydrogen-bond acceptors (Lipinski definition) is 1. The van der Waals surface area contributed by atoms with Gasteiger partial charge >= 0.3 is 5.97 Å². The summed E-state index contributed by atoms with van der Waals surface area (Å²) in [6.45, 7) is 0. The van der Waals surface area contributed by atoms with E-state index in [1.807, 2.05) is 36.4 Å². The van der Waals surface area contributed by atoms with Gasteiger partial charge in [-0.3, -0.25) is 4.79 Å². The zero-order chi connectivity index (χ0) is 10.8. The number of carboxylic acids is 1. The van der Waals surface area contributed by atoms with Gasteiger partial charge in [-0.05, 0) is 22.4 Å². The Morgan fingerprint density at radius 3 is 2.47 bits per heavy atom. The first-order valence-corrected chi connectivity index (χ1v) is 5.35. The Morgan fingerprint density at radius 1 is 1.13 bits per heavy atom. The van der Waals surface area contributed by atoms with Gasteiger partial charge < -0.3 is 5.11 Å². The summed E-state index contributed by atoms with van der Waals surface area (Å²) in [4.78, 5) is 10.7. The molecule has 0 saturated carbocycles. The largest absolute Gasteiger partial charge is 0.481 e. The minimum Gasteiger partial charge on any atom is -0.481 e. The van der Waals surface area contributed by atoms with E-state index in [4.69, 9.17) is 5.11 Å². The minimum atomic E-state index is -0.803. The van der Waals surface area contributed by atoms with Crippen molar-refractivity contribution in [2.75, 3.05) is 0 Å². The number of rotatable bonds is 2. The molecule has 3 heteroatoms. The Hall–Kier alpha value is -1.35. The molecule has 2 nitrogen and oxygen atoms in total. The number of carboxylic acid groups (broad SMARTS) is 1. The zero-order valence-electron chi connectivity index (χ0n) is 7.90. The Balaban J connectivity index is 2.66. The fraction of sp³-hybridized carbons (Fsp3) is 0.0833. The van der Waals surface area contributed by atoms with E-state index in [9.17, 15) is 4.79 Å². The summed E-state index contributed by atoms with van der Waals surface area (Å²) in [5.41, 5.74) is 0.848. The Labute approximate surface area is 95.7 Å². The molecule has 1 N–H and O–H groups in total. The summed E-state index contributed by atoms with van der Waals surface area (Å²) in [6.07, 6.45) is 0.0633. The van der Waals surface area contributed by atoms with Crippen molar-refractivity contribution in [1.29, 1.82) is 0 Å². The average molecular weight is 265 g/mol. The van der Waals surface area contributed by atoms with Crippen LogP contribution in [0.5, 0.6) is 0 Å². The number of carbonyl (C=O) groups is 1. The highest BCUT2D eigenvalue weighted by Gasteiger charge is 2.06. The lowest BCUT2D eigenvalue weighted by Gasteiger charge is -2.05. The number of benzene rings is 2. The molecule has 0 spiro atoms. The van der Waals surface area contributed by atoms with Gasteiger partial charge in [0.1, 0.15) is 0 Å². The van der Waals surface area contributed by atoms with Gasteiger partial charge in [0, 0.05) is 4.47 Å². The van der Waals surface area contributed by atoms with Crippen molar-refractivity contribution in [2.24, 2.45) is 0 Å². The van der Waals surface area contributed by atoms with Crippen molar-refractivity contribution in [1.82, 2.24) is 0 Å². The highest BCUT2D eigenvalue weighted by Crippen LogP contribution is 2.26. The minimum absolute atomic E-state index is 0.0633. The molecule has 0 radical (unpaired) electrons. The van der Waals surface area contributed by atoms with E-state index in [0.29, 0.717) is 0 Å². The molecule has 0 saturated heterocycles. The lowest BCUT2D eigenvalue weighted by Crippen LogP contribution is -2.00. The number of hydrogen-bond donors (Lipinski definition) is 1. The molecule has 0 unspecified atom stereocenters. The fourth-order valence-corrected chi connectivity index (χ4v) is 2.12. The van der Waals surface area contributed by atoms with E-state index in [1.165, 1.54) is 0 Å². The summed E-state index contributed by atoms with van der Waals surface area (Å²) in [6, 6.07) is 11.5. The van der Waals surface area contributed by atoms with Crippen LogP contribution in [0.25, 0.3) is 10.8 Å². The molecule has 0 amide bonds. The molecule has 0 aromatic heterocycles. The van der Waals surface area contributed by atoms with Crippen LogP contribution in [-0.4, -0.2) is 11.1 Å². The van der Waals surface area contributed by atoms with Gasteiger partial charge in [-0.1, -0.05) is 46.3 Å². The van der Waals surface area contributed by atoms with Crippen LogP contribution < -0.4 is 0 Å². The van der Waals surface area contributed by atoms with Crippen molar-refractivity contribution in [3.63, 3.8) is 0 Å². The third-order valence-electron chi connectivity index (χ3n) is 2.30. The smallest absolute Gasteiger partial charge is 0.307 e. The van der Waals surface area contributed by atoms with Gasteiger partial charge in [0.25, 0.3) is 0 Å². The van der Waals surface area contributed by atoms with Crippen molar-refractivity contribution >= 4 is 32.7 Å². The van der Waals surface area contributed by atoms with E-state index < -0.39 is 5.97 Å². The second kappa shape index (κ2) is 4.03. The molecule has 2 aromatic rings. The summed E-state index contributed by atoms with van der Waals surface area (Å²) >= 11 is 3.45. The lowest BCUT2D eigenvalue weighted by atomic mass is 10.0. The third kappa shape index (κ3) is 2.02. The predicted molar refractivity (Wildman–Crippen MR) is 63.0 cm³/mol. The molecule has 2 rings (SSSR count). The maximum absolute atomic E-state index is 10.7. The molecule has 2 aromatic carbocycles. The molecule has 0 heterocycles. The van der Waals surface area contributed by atoms with Gasteiger partial charge in [0.15, 0.2) is 0 Å². The second-order valence-corrected chi connectivity index (χ2v) is 4.18. The van der Waals surface area contributed by atoms with Crippen molar-refractivity contribution in [2.45, 2.75) is 6.42 Å². The number of fused-ring (bicyclic) bond motifs is 1. The van der Waals surface area contributed by atoms with E-state index in [1.54, 1.807) is 0 Å². The van der Waals surface area contributed by atoms with Crippen LogP contribution in [0.3, 0.4) is 0 Å². The maximum atomic E-state index is 10.7. The van der Waals surface area contributed by atoms with Crippen LogP contribution in [0.15, 0.2) is 40.9 Å². The molecule has 0 atom stereocenters. The summed E-state index contributed by atoms with van der Waals surface area (Å²) in [7, 11) is 0. The zero-order valence-corrected chi connectivity index (χ0v) is 9.49. The van der Waals surface area contributed by atoms with Crippen molar-refractivity contribution in [3.8, 4) is 0 Å². The third-order valence-corrected chi connectivity index (χ3v) is 2.99. The topological polar surface area (TPSA) is 37.3 Å². The van der Waals surface area contributed by atoms with Crippen LogP contribution >= 0.6 is 15.9 Å². The molecule has 0 bridgehead atoms. The van der Waals surface area contributed by atoms with Crippen LogP contribution in [0.2, 0.25) is 0 Å². The highest BCUT2D eigenvalue weighted by atomic mass is 79.9. The van der Waals surface area contributed by atoms with Crippen LogP contribution in [0, 0.1) is 0 Å². The molecule has 76 valence electrons. The second-order valence-electron chi connectivity index (χ2n) is 3.32. The fourth-order valence-electron chi connectivity index (χ4n) is 1.64. The molecule has 0 fully saturated rings. The number of aliphatic carboxylic acids is 1. The summed E-state index contributed by atoms with van der Waals surface area (Å²) in [5.74, 6) is -0.803. The Bertz CT molecular complexity index is 520. The van der Waals surface area contributed by atoms with Crippen LogP contribution in [-0.2, 0) is 11.2 Å². The predicted octanol–water partition coefficient (Wildman–Crippen LogP) is 3.23. The number of halogens is 1. The van der Waals surface area contributed by atoms with Gasteiger partial charge in [0.2, 0.25) is 0 Å². The van der Waals surface area contributed by atoms with Crippen LogP contribution in [0.1, 0.15) is 5.56 Å². The van der Waals surface area contributed by atoms with E-state index >= 15 is 0 Å². The average Bonchev–Trinajstić information content (AvgIpc) is 2.22. The van der Waals surface area contributed by atoms with Gasteiger partial charge in [-0.2, -0.15) is 0 Å². The quantitative estimate of drug-likeness (QED) is 0.905. The van der Waals surface area contributed by atoms with Gasteiger partial charge in [0.05, 0.1) is 6.42 Å². The Kier molecular flexibility index (Phi) is 2.73. The lowest BCUT2D eigenvalue weighted by molar-refractivity contribution is -0.136. The molecule has 0 aliphatic carbocycles. The first kappa shape index (κ1) is 10.2. The van der Waals surface area contributed by atoms with E-state index in [2.05, 4.69) is 15.9 Å². The van der Waals surface area contributed by atoms with Crippen LogP contribution in [0.4, 0.5) is 0 Å². The van der Waals surface area contributed by atoms with Crippen molar-refractivity contribution < 1.29 is 9.90 Å². The standard InChI is InChI=1S/C12H9BrO2/c13-11-6-5-8(7-12(14)15)9-3-1-2-4-10(9)11/h1-6H,7H2,(H,14,15). The summed E-state index contributed by atoms with van der Waals surface area (Å²) < 4.78 is 0.993. The van der Waals surface area contributed by atoms with E-state index in [-0.39, 0.29) is 6.42 Å². The van der Waals surface area contributed by atoms with E-state index in [0.717, 1.165) is 20.8 Å². The summed E-state index contributed by atoms with van der Waals surface area (Å²) in [5, 5.41) is 10.8. The first-order chi connectivity index (χ1) is 7.18. The molecular weight excluding hydrogens is 256 g/mol. The first-order valence-electron chi connectivity index (χ1n) is 4.56. The highest BCUT2D eigenvalue weighted by molar-refractivity contribution is 9.10. The maximum Gasteiger partial charge on any atom is 0.307 e. The van der Waals surface area contributed by atoms with Gasteiger partial charge in [-0.15, -0.1) is 0 Å². The normalized spacial score (nSPS) is 10.5. The monoisotopic (exact) mass is 264 g/mol.